The van der Waals surface area contributed by atoms with Crippen molar-refractivity contribution < 1.29 is 22.7 Å². The van der Waals surface area contributed by atoms with Crippen molar-refractivity contribution >= 4 is 21.6 Å². The van der Waals surface area contributed by atoms with Crippen molar-refractivity contribution in [1.29, 1.82) is 0 Å². The zero-order chi connectivity index (χ0) is 21.6. The highest BCUT2D eigenvalue weighted by atomic mass is 32.2. The van der Waals surface area contributed by atoms with Gasteiger partial charge >= 0.3 is 0 Å². The third-order valence-electron chi connectivity index (χ3n) is 4.22. The molecule has 158 valence electrons. The first kappa shape index (κ1) is 22.5. The van der Waals surface area contributed by atoms with E-state index in [0.717, 1.165) is 21.7 Å². The van der Waals surface area contributed by atoms with Crippen LogP contribution in [0.3, 0.4) is 0 Å². The summed E-state index contributed by atoms with van der Waals surface area (Å²) in [7, 11) is -2.24. The Hall–Kier alpha value is -2.74. The van der Waals surface area contributed by atoms with Crippen LogP contribution in [0, 0.1) is 13.8 Å². The van der Waals surface area contributed by atoms with Crippen molar-refractivity contribution in [2.45, 2.75) is 26.8 Å². The minimum absolute atomic E-state index is 0.265. The average Bonchev–Trinajstić information content (AvgIpc) is 2.64. The second kappa shape index (κ2) is 9.65. The van der Waals surface area contributed by atoms with Gasteiger partial charge in [0.05, 0.1) is 25.1 Å². The number of hydrogen-bond acceptors (Lipinski definition) is 5. The van der Waals surface area contributed by atoms with Crippen LogP contribution in [-0.2, 0) is 14.8 Å². The number of aryl methyl sites for hydroxylation is 2. The normalized spacial score (nSPS) is 12.2. The van der Waals surface area contributed by atoms with E-state index in [9.17, 15) is 13.2 Å². The summed E-state index contributed by atoms with van der Waals surface area (Å²) >= 11 is 0. The van der Waals surface area contributed by atoms with Gasteiger partial charge in [-0.05, 0) is 50.6 Å². The van der Waals surface area contributed by atoms with Gasteiger partial charge in [0.2, 0.25) is 15.9 Å². The fourth-order valence-electron chi connectivity index (χ4n) is 2.72. The van der Waals surface area contributed by atoms with Crippen LogP contribution < -0.4 is 19.1 Å². The van der Waals surface area contributed by atoms with Gasteiger partial charge in [-0.15, -0.1) is 0 Å². The van der Waals surface area contributed by atoms with E-state index in [2.05, 4.69) is 5.32 Å². The zero-order valence-corrected chi connectivity index (χ0v) is 18.2. The maximum absolute atomic E-state index is 12.5. The number of carbonyl (C=O) groups is 1. The topological polar surface area (TPSA) is 84.9 Å². The Morgan fingerprint density at radius 2 is 1.72 bits per heavy atom. The van der Waals surface area contributed by atoms with Crippen molar-refractivity contribution in [1.82, 2.24) is 5.32 Å². The number of methoxy groups -OCH3 is 1. The Balaban J connectivity index is 2.05. The van der Waals surface area contributed by atoms with E-state index in [0.29, 0.717) is 17.2 Å². The molecule has 0 aliphatic carbocycles. The molecular weight excluding hydrogens is 392 g/mol. The Morgan fingerprint density at radius 3 is 2.31 bits per heavy atom. The molecule has 0 aliphatic rings. The molecule has 1 atom stereocenters. The van der Waals surface area contributed by atoms with Crippen molar-refractivity contribution in [3.05, 3.63) is 53.6 Å². The third-order valence-corrected chi connectivity index (χ3v) is 5.35. The van der Waals surface area contributed by atoms with E-state index in [1.54, 1.807) is 19.1 Å². The Morgan fingerprint density at radius 1 is 1.10 bits per heavy atom. The molecule has 1 amide bonds. The summed E-state index contributed by atoms with van der Waals surface area (Å²) in [4.78, 5) is 12.5. The van der Waals surface area contributed by atoms with E-state index in [4.69, 9.17) is 9.47 Å². The molecule has 0 aliphatic heterocycles. The first-order valence-corrected chi connectivity index (χ1v) is 11.1. The number of sulfonamides is 1. The van der Waals surface area contributed by atoms with E-state index in [1.165, 1.54) is 7.11 Å². The molecule has 8 heteroatoms. The highest BCUT2D eigenvalue weighted by molar-refractivity contribution is 7.92. The maximum Gasteiger partial charge on any atom is 0.241 e. The summed E-state index contributed by atoms with van der Waals surface area (Å²) in [6, 6.07) is 12.5. The highest BCUT2D eigenvalue weighted by Gasteiger charge is 2.24. The number of carbonyl (C=O) groups excluding carboxylic acids is 1. The van der Waals surface area contributed by atoms with E-state index in [-0.39, 0.29) is 19.2 Å². The van der Waals surface area contributed by atoms with Gasteiger partial charge in [0.15, 0.2) is 0 Å². The molecule has 2 aromatic rings. The third kappa shape index (κ3) is 6.67. The van der Waals surface area contributed by atoms with Gasteiger partial charge in [-0.1, -0.05) is 23.8 Å². The molecule has 0 aromatic heterocycles. The molecular formula is C21H28N2O5S. The van der Waals surface area contributed by atoms with Crippen LogP contribution in [0.2, 0.25) is 0 Å². The molecule has 2 aromatic carbocycles. The first-order chi connectivity index (χ1) is 13.6. The predicted octanol–water partition coefficient (Wildman–Crippen LogP) is 2.66. The fourth-order valence-corrected chi connectivity index (χ4v) is 3.58. The number of benzene rings is 2. The van der Waals surface area contributed by atoms with Crippen LogP contribution >= 0.6 is 0 Å². The van der Waals surface area contributed by atoms with Crippen LogP contribution in [0.25, 0.3) is 0 Å². The number of nitrogens with zero attached hydrogens (tertiary/aromatic N) is 1. The SMILES string of the molecule is COc1ccc(C)cc1N(CC(=O)N[C@@H](C)COc1ccc(C)cc1)S(C)(=O)=O. The Bertz CT molecular complexity index is 942. The maximum atomic E-state index is 12.5. The molecule has 2 rings (SSSR count). The van der Waals surface area contributed by atoms with Crippen LogP contribution in [0.1, 0.15) is 18.1 Å². The Kier molecular flexibility index (Phi) is 7.50. The van der Waals surface area contributed by atoms with E-state index >= 15 is 0 Å². The minimum atomic E-state index is -3.70. The first-order valence-electron chi connectivity index (χ1n) is 9.21. The van der Waals surface area contributed by atoms with Gasteiger partial charge in [-0.25, -0.2) is 8.42 Å². The highest BCUT2D eigenvalue weighted by Crippen LogP contribution is 2.30. The summed E-state index contributed by atoms with van der Waals surface area (Å²) < 4.78 is 36.7. The summed E-state index contributed by atoms with van der Waals surface area (Å²) in [5, 5.41) is 2.78. The van der Waals surface area contributed by atoms with Crippen molar-refractivity contribution in [3.8, 4) is 11.5 Å². The molecule has 0 unspecified atom stereocenters. The number of anilines is 1. The lowest BCUT2D eigenvalue weighted by Gasteiger charge is -2.25. The molecule has 7 nitrogen and oxygen atoms in total. The number of rotatable bonds is 9. The van der Waals surface area contributed by atoms with Gasteiger partial charge in [-0.3, -0.25) is 9.10 Å². The smallest absolute Gasteiger partial charge is 0.241 e. The van der Waals surface area contributed by atoms with Crippen molar-refractivity contribution in [2.24, 2.45) is 0 Å². The van der Waals surface area contributed by atoms with Gasteiger partial charge in [0, 0.05) is 0 Å². The Labute approximate surface area is 172 Å². The van der Waals surface area contributed by atoms with E-state index in [1.807, 2.05) is 44.2 Å². The molecule has 0 spiro atoms. The van der Waals surface area contributed by atoms with Crippen molar-refractivity contribution in [2.75, 3.05) is 30.8 Å². The number of amides is 1. The molecule has 0 saturated heterocycles. The van der Waals surface area contributed by atoms with Crippen LogP contribution in [-0.4, -0.2) is 46.9 Å². The van der Waals surface area contributed by atoms with Gasteiger partial charge < -0.3 is 14.8 Å². The lowest BCUT2D eigenvalue weighted by atomic mass is 10.2. The number of nitrogens with one attached hydrogen (secondary N) is 1. The number of ether oxygens (including phenoxy) is 2. The molecule has 0 radical (unpaired) electrons. The van der Waals surface area contributed by atoms with Crippen LogP contribution in [0.15, 0.2) is 42.5 Å². The lowest BCUT2D eigenvalue weighted by Crippen LogP contribution is -2.45. The van der Waals surface area contributed by atoms with E-state index < -0.39 is 15.9 Å². The van der Waals surface area contributed by atoms with Gasteiger partial charge in [0.1, 0.15) is 24.7 Å². The minimum Gasteiger partial charge on any atom is -0.495 e. The number of hydrogen-bond donors (Lipinski definition) is 1. The molecule has 0 heterocycles. The lowest BCUT2D eigenvalue weighted by molar-refractivity contribution is -0.120. The second-order valence-electron chi connectivity index (χ2n) is 7.04. The molecule has 1 N–H and O–H groups in total. The van der Waals surface area contributed by atoms with Crippen molar-refractivity contribution in [3.63, 3.8) is 0 Å². The average molecular weight is 421 g/mol. The molecule has 0 fully saturated rings. The summed E-state index contributed by atoms with van der Waals surface area (Å²) in [6.45, 7) is 5.54. The monoisotopic (exact) mass is 420 g/mol. The molecule has 0 saturated carbocycles. The summed E-state index contributed by atoms with van der Waals surface area (Å²) in [6.07, 6.45) is 1.06. The molecule has 29 heavy (non-hydrogen) atoms. The standard InChI is InChI=1S/C21H28N2O5S/c1-15-6-9-18(10-7-15)28-14-17(3)22-21(24)13-23(29(5,25)26)19-12-16(2)8-11-20(19)27-4/h6-12,17H,13-14H2,1-5H3,(H,22,24)/t17-/m0/s1. The quantitative estimate of drug-likeness (QED) is 0.674. The van der Waals surface area contributed by atoms with Gasteiger partial charge in [-0.2, -0.15) is 0 Å². The largest absolute Gasteiger partial charge is 0.495 e. The summed E-state index contributed by atoms with van der Waals surface area (Å²) in [5.41, 5.74) is 2.31. The zero-order valence-electron chi connectivity index (χ0n) is 17.4. The van der Waals surface area contributed by atoms with Gasteiger partial charge in [0.25, 0.3) is 0 Å². The predicted molar refractivity (Wildman–Crippen MR) is 114 cm³/mol. The van der Waals surface area contributed by atoms with Crippen LogP contribution in [0.5, 0.6) is 11.5 Å². The van der Waals surface area contributed by atoms with Crippen LogP contribution in [0.4, 0.5) is 5.69 Å². The second-order valence-corrected chi connectivity index (χ2v) is 8.94. The molecule has 0 bridgehead atoms. The fraction of sp³-hybridized carbons (Fsp3) is 0.381. The summed E-state index contributed by atoms with van der Waals surface area (Å²) in [5.74, 6) is 0.655.